The van der Waals surface area contributed by atoms with Crippen molar-refractivity contribution >= 4 is 23.1 Å². The molecule has 0 bridgehead atoms. The van der Waals surface area contributed by atoms with E-state index < -0.39 is 0 Å². The topological polar surface area (TPSA) is 95.1 Å². The van der Waals surface area contributed by atoms with E-state index in [1.807, 2.05) is 11.0 Å². The Morgan fingerprint density at radius 2 is 2.20 bits per heavy atom. The fourth-order valence-electron chi connectivity index (χ4n) is 4.45. The molecular formula is C23H32N6O. The van der Waals surface area contributed by atoms with Crippen molar-refractivity contribution in [1.82, 2.24) is 10.2 Å². The normalized spacial score (nSPS) is 24.2. The quantitative estimate of drug-likeness (QED) is 0.367. The Kier molecular flexibility index (Phi) is 5.79. The number of hydrogen-bond donors (Lipinski definition) is 3. The van der Waals surface area contributed by atoms with Crippen molar-refractivity contribution in [2.45, 2.75) is 52.0 Å². The predicted molar refractivity (Wildman–Crippen MR) is 122 cm³/mol. The second-order valence-electron chi connectivity index (χ2n) is 8.48. The monoisotopic (exact) mass is 408 g/mol. The summed E-state index contributed by atoms with van der Waals surface area (Å²) in [5.41, 5.74) is 10.1. The average molecular weight is 409 g/mol. The van der Waals surface area contributed by atoms with E-state index in [1.54, 1.807) is 6.92 Å². The van der Waals surface area contributed by atoms with Crippen LogP contribution in [-0.4, -0.2) is 48.0 Å². The van der Waals surface area contributed by atoms with Crippen LogP contribution in [0.3, 0.4) is 0 Å². The van der Waals surface area contributed by atoms with E-state index in [9.17, 15) is 4.79 Å². The van der Waals surface area contributed by atoms with E-state index in [1.165, 1.54) is 5.56 Å². The molecular weight excluding hydrogens is 376 g/mol. The minimum Gasteiger partial charge on any atom is -0.388 e. The van der Waals surface area contributed by atoms with Crippen molar-refractivity contribution in [3.05, 3.63) is 41.3 Å². The molecule has 3 aliphatic rings. The summed E-state index contributed by atoms with van der Waals surface area (Å²) in [6.07, 6.45) is 2.57. The Labute approximate surface area is 178 Å². The highest BCUT2D eigenvalue weighted by molar-refractivity contribution is 6.01. The molecule has 3 atom stereocenters. The summed E-state index contributed by atoms with van der Waals surface area (Å²) in [4.78, 5) is 24.6. The number of para-hydroxylation sites is 1. The largest absolute Gasteiger partial charge is 0.388 e. The number of carbonyl (C=O) groups excluding carboxylic acids is 1. The third-order valence-electron chi connectivity index (χ3n) is 6.35. The number of amides is 1. The fourth-order valence-corrected chi connectivity index (χ4v) is 4.45. The average Bonchev–Trinajstić information content (AvgIpc) is 3.32. The molecule has 3 heterocycles. The summed E-state index contributed by atoms with van der Waals surface area (Å²) in [5.74, 6) is 2.12. The Bertz CT molecular complexity index is 914. The number of carbonyl (C=O) groups is 1. The third kappa shape index (κ3) is 3.80. The van der Waals surface area contributed by atoms with Gasteiger partial charge in [-0.3, -0.25) is 19.7 Å². The SMILES string of the molecule is CCC(C)C1NC2=C(CCCN=C(C)N)N=C(C3CNc4ccccc43)CN2C1=O. The van der Waals surface area contributed by atoms with E-state index in [4.69, 9.17) is 10.7 Å². The van der Waals surface area contributed by atoms with Crippen molar-refractivity contribution < 1.29 is 4.79 Å². The van der Waals surface area contributed by atoms with Gasteiger partial charge in [0.15, 0.2) is 0 Å². The van der Waals surface area contributed by atoms with Crippen LogP contribution in [0.1, 0.15) is 51.5 Å². The van der Waals surface area contributed by atoms with Gasteiger partial charge in [0.25, 0.3) is 5.91 Å². The number of rotatable bonds is 7. The smallest absolute Gasteiger partial charge is 0.251 e. The number of hydrogen-bond acceptors (Lipinski definition) is 5. The van der Waals surface area contributed by atoms with Gasteiger partial charge in [-0.1, -0.05) is 38.5 Å². The lowest BCUT2D eigenvalue weighted by Gasteiger charge is -2.27. The van der Waals surface area contributed by atoms with Crippen LogP contribution in [0.4, 0.5) is 5.69 Å². The first-order chi connectivity index (χ1) is 14.5. The molecule has 1 aromatic carbocycles. The Balaban J connectivity index is 1.63. The van der Waals surface area contributed by atoms with Crippen LogP contribution in [-0.2, 0) is 4.79 Å². The number of anilines is 1. The Morgan fingerprint density at radius 1 is 1.40 bits per heavy atom. The highest BCUT2D eigenvalue weighted by Crippen LogP contribution is 2.36. The van der Waals surface area contributed by atoms with Gasteiger partial charge in [0.1, 0.15) is 11.9 Å². The van der Waals surface area contributed by atoms with Crippen LogP contribution in [0.25, 0.3) is 0 Å². The molecule has 7 heteroatoms. The second-order valence-corrected chi connectivity index (χ2v) is 8.48. The molecule has 3 unspecified atom stereocenters. The summed E-state index contributed by atoms with van der Waals surface area (Å²) in [7, 11) is 0. The van der Waals surface area contributed by atoms with Crippen LogP contribution in [0.2, 0.25) is 0 Å². The molecule has 0 spiro atoms. The molecule has 1 saturated heterocycles. The summed E-state index contributed by atoms with van der Waals surface area (Å²) in [6.45, 7) is 8.11. The van der Waals surface area contributed by atoms with Crippen molar-refractivity contribution in [3.63, 3.8) is 0 Å². The zero-order valence-electron chi connectivity index (χ0n) is 18.1. The van der Waals surface area contributed by atoms with Crippen LogP contribution >= 0.6 is 0 Å². The van der Waals surface area contributed by atoms with Crippen molar-refractivity contribution in [3.8, 4) is 0 Å². The lowest BCUT2D eigenvalue weighted by Crippen LogP contribution is -2.39. The molecule has 1 aromatic rings. The number of nitrogens with one attached hydrogen (secondary N) is 2. The number of nitrogens with two attached hydrogens (primary N) is 1. The number of aliphatic imine (C=N–C) groups is 2. The molecule has 0 aliphatic carbocycles. The second kappa shape index (κ2) is 8.50. The number of nitrogens with zero attached hydrogens (tertiary/aromatic N) is 3. The maximum atomic E-state index is 13.2. The first-order valence-corrected chi connectivity index (χ1v) is 11.0. The highest BCUT2D eigenvalue weighted by Gasteiger charge is 2.43. The van der Waals surface area contributed by atoms with Gasteiger partial charge in [-0.25, -0.2) is 0 Å². The van der Waals surface area contributed by atoms with Gasteiger partial charge in [0.05, 0.1) is 18.1 Å². The Hall–Kier alpha value is -2.83. The molecule has 4 rings (SSSR count). The van der Waals surface area contributed by atoms with E-state index in [-0.39, 0.29) is 23.8 Å². The van der Waals surface area contributed by atoms with E-state index in [0.717, 1.165) is 48.7 Å². The summed E-state index contributed by atoms with van der Waals surface area (Å²) < 4.78 is 0. The van der Waals surface area contributed by atoms with Gasteiger partial charge in [-0.15, -0.1) is 0 Å². The van der Waals surface area contributed by atoms with Gasteiger partial charge in [-0.05, 0) is 37.3 Å². The lowest BCUT2D eigenvalue weighted by atomic mass is 9.94. The summed E-state index contributed by atoms with van der Waals surface area (Å²) >= 11 is 0. The summed E-state index contributed by atoms with van der Waals surface area (Å²) in [5, 5.41) is 6.98. The van der Waals surface area contributed by atoms with Crippen molar-refractivity contribution in [2.24, 2.45) is 21.6 Å². The minimum atomic E-state index is -0.173. The number of amidine groups is 1. The maximum absolute atomic E-state index is 13.2. The standard InChI is InChI=1S/C23H32N6O/c1-4-14(2)21-23(30)29-13-20(17-12-26-18-9-6-5-8-16(17)18)27-19(22(29)28-21)10-7-11-25-15(3)24/h5-6,8-9,14,17,21,26,28H,4,7,10-13H2,1-3H3,(H2,24,25). The lowest BCUT2D eigenvalue weighted by molar-refractivity contribution is -0.128. The van der Waals surface area contributed by atoms with Crippen molar-refractivity contribution in [2.75, 3.05) is 25.0 Å². The predicted octanol–water partition coefficient (Wildman–Crippen LogP) is 2.82. The molecule has 3 aliphatic heterocycles. The van der Waals surface area contributed by atoms with Gasteiger partial charge in [-0.2, -0.15) is 0 Å². The van der Waals surface area contributed by atoms with Crippen molar-refractivity contribution in [1.29, 1.82) is 0 Å². The molecule has 0 radical (unpaired) electrons. The molecule has 1 fully saturated rings. The zero-order chi connectivity index (χ0) is 21.3. The Morgan fingerprint density at radius 3 is 2.97 bits per heavy atom. The highest BCUT2D eigenvalue weighted by atomic mass is 16.2. The van der Waals surface area contributed by atoms with Crippen LogP contribution in [0, 0.1) is 5.92 Å². The third-order valence-corrected chi connectivity index (χ3v) is 6.35. The maximum Gasteiger partial charge on any atom is 0.251 e. The number of allylic oxidation sites excluding steroid dienone is 1. The van der Waals surface area contributed by atoms with Gasteiger partial charge in [0.2, 0.25) is 0 Å². The molecule has 0 aromatic heterocycles. The number of benzene rings is 1. The minimum absolute atomic E-state index is 0.166. The fraction of sp³-hybridized carbons (Fsp3) is 0.522. The molecule has 1 amide bonds. The molecule has 7 nitrogen and oxygen atoms in total. The van der Waals surface area contributed by atoms with Crippen LogP contribution in [0.5, 0.6) is 0 Å². The van der Waals surface area contributed by atoms with Crippen LogP contribution in [0.15, 0.2) is 45.8 Å². The van der Waals surface area contributed by atoms with Gasteiger partial charge in [0, 0.05) is 30.4 Å². The number of fused-ring (bicyclic) bond motifs is 2. The van der Waals surface area contributed by atoms with Gasteiger partial charge >= 0.3 is 0 Å². The van der Waals surface area contributed by atoms with E-state index in [2.05, 4.69) is 47.7 Å². The molecule has 30 heavy (non-hydrogen) atoms. The van der Waals surface area contributed by atoms with E-state index in [0.29, 0.717) is 18.9 Å². The van der Waals surface area contributed by atoms with Crippen LogP contribution < -0.4 is 16.4 Å². The van der Waals surface area contributed by atoms with E-state index >= 15 is 0 Å². The first-order valence-electron chi connectivity index (χ1n) is 11.0. The molecule has 160 valence electrons. The summed E-state index contributed by atoms with van der Waals surface area (Å²) in [6, 6.07) is 8.21. The van der Waals surface area contributed by atoms with Gasteiger partial charge < -0.3 is 16.4 Å². The molecule has 4 N–H and O–H groups in total. The molecule has 0 saturated carbocycles. The zero-order valence-corrected chi connectivity index (χ0v) is 18.1. The first kappa shape index (κ1) is 20.4.